The van der Waals surface area contributed by atoms with Crippen LogP contribution in [0.3, 0.4) is 0 Å². The van der Waals surface area contributed by atoms with Crippen LogP contribution >= 0.6 is 27.3 Å². The molecule has 1 saturated heterocycles. The van der Waals surface area contributed by atoms with Gasteiger partial charge in [0.15, 0.2) is 4.80 Å². The number of thiazole rings is 1. The SMILES string of the molecule is CCOC(=O)C1=C(C)N=c2s/c(=C/c3cc(Br)c(N4CCOCC4)o3)c(=O)n2[C@H]1c1cc(OC)ccc1OC. The number of allylic oxidation sites excluding steroid dienone is 1. The zero-order valence-electron chi connectivity index (χ0n) is 22.0. The molecule has 2 aliphatic heterocycles. The van der Waals surface area contributed by atoms with Gasteiger partial charge < -0.3 is 28.3 Å². The summed E-state index contributed by atoms with van der Waals surface area (Å²) in [5.41, 5.74) is 0.990. The van der Waals surface area contributed by atoms with Crippen molar-refractivity contribution in [1.29, 1.82) is 0 Å². The van der Waals surface area contributed by atoms with E-state index in [1.54, 1.807) is 45.2 Å². The van der Waals surface area contributed by atoms with Crippen LogP contribution in [0.15, 0.2) is 54.2 Å². The van der Waals surface area contributed by atoms with E-state index in [0.717, 1.165) is 4.47 Å². The number of nitrogens with zero attached hydrogens (tertiary/aromatic N) is 3. The summed E-state index contributed by atoms with van der Waals surface area (Å²) in [5, 5.41) is 0. The predicted octanol–water partition coefficient (Wildman–Crippen LogP) is 3.01. The number of carbonyl (C=O) groups excluding carboxylic acids is 1. The van der Waals surface area contributed by atoms with Crippen molar-refractivity contribution < 1.29 is 28.2 Å². The first-order chi connectivity index (χ1) is 18.9. The van der Waals surface area contributed by atoms with Crippen LogP contribution in [0, 0.1) is 0 Å². The number of rotatable bonds is 7. The molecule has 2 aromatic heterocycles. The molecule has 0 aliphatic carbocycles. The summed E-state index contributed by atoms with van der Waals surface area (Å²) in [6.45, 7) is 6.32. The van der Waals surface area contributed by atoms with E-state index in [2.05, 4.69) is 25.8 Å². The molecule has 12 heteroatoms. The number of halogens is 1. The molecule has 0 amide bonds. The van der Waals surface area contributed by atoms with Crippen LogP contribution in [0.4, 0.5) is 5.88 Å². The van der Waals surface area contributed by atoms with Gasteiger partial charge in [-0.3, -0.25) is 9.36 Å². The molecular weight excluding hydrogens is 590 g/mol. The normalized spacial score (nSPS) is 17.6. The molecule has 0 radical (unpaired) electrons. The fourth-order valence-electron chi connectivity index (χ4n) is 4.70. The van der Waals surface area contributed by atoms with E-state index < -0.39 is 12.0 Å². The fraction of sp³-hybridized carbons (Fsp3) is 0.370. The second kappa shape index (κ2) is 11.4. The molecule has 2 aliphatic rings. The van der Waals surface area contributed by atoms with Gasteiger partial charge in [0.25, 0.3) is 5.56 Å². The van der Waals surface area contributed by atoms with Crippen LogP contribution in [0.5, 0.6) is 11.5 Å². The largest absolute Gasteiger partial charge is 0.497 e. The van der Waals surface area contributed by atoms with E-state index in [4.69, 9.17) is 23.4 Å². The molecule has 0 N–H and O–H groups in total. The Morgan fingerprint density at radius 2 is 2.00 bits per heavy atom. The third kappa shape index (κ3) is 5.15. The summed E-state index contributed by atoms with van der Waals surface area (Å²) in [6, 6.07) is 6.26. The maximum absolute atomic E-state index is 13.9. The number of furan rings is 1. The molecular formula is C27H28BrN3O7S. The van der Waals surface area contributed by atoms with Crippen molar-refractivity contribution in [1.82, 2.24) is 4.57 Å². The van der Waals surface area contributed by atoms with Gasteiger partial charge in [-0.25, -0.2) is 9.79 Å². The maximum atomic E-state index is 13.9. The predicted molar refractivity (Wildman–Crippen MR) is 149 cm³/mol. The van der Waals surface area contributed by atoms with E-state index in [9.17, 15) is 9.59 Å². The molecule has 39 heavy (non-hydrogen) atoms. The van der Waals surface area contributed by atoms with E-state index in [-0.39, 0.29) is 17.7 Å². The molecule has 0 unspecified atom stereocenters. The third-order valence-electron chi connectivity index (χ3n) is 6.51. The van der Waals surface area contributed by atoms with Gasteiger partial charge in [-0.2, -0.15) is 0 Å². The van der Waals surface area contributed by atoms with E-state index in [0.29, 0.717) is 70.0 Å². The topological polar surface area (TPSA) is 105 Å². The fourth-order valence-corrected chi connectivity index (χ4v) is 6.28. The highest BCUT2D eigenvalue weighted by atomic mass is 79.9. The number of fused-ring (bicyclic) bond motifs is 1. The first kappa shape index (κ1) is 27.2. The number of methoxy groups -OCH3 is 2. The number of morpholine rings is 1. The highest BCUT2D eigenvalue weighted by Gasteiger charge is 2.35. The molecule has 0 bridgehead atoms. The van der Waals surface area contributed by atoms with Gasteiger partial charge >= 0.3 is 5.97 Å². The molecule has 5 rings (SSSR count). The van der Waals surface area contributed by atoms with Crippen LogP contribution in [-0.4, -0.2) is 57.7 Å². The number of aromatic nitrogens is 1. The number of anilines is 1. The molecule has 0 saturated carbocycles. The Labute approximate surface area is 236 Å². The van der Waals surface area contributed by atoms with Gasteiger partial charge in [-0.05, 0) is 48.0 Å². The van der Waals surface area contributed by atoms with Gasteiger partial charge in [0.2, 0.25) is 5.88 Å². The summed E-state index contributed by atoms with van der Waals surface area (Å²) in [6.07, 6.45) is 1.70. The highest BCUT2D eigenvalue weighted by molar-refractivity contribution is 9.10. The van der Waals surface area contributed by atoms with Gasteiger partial charge in [-0.1, -0.05) is 11.3 Å². The lowest BCUT2D eigenvalue weighted by Crippen LogP contribution is -2.40. The average molecular weight is 619 g/mol. The van der Waals surface area contributed by atoms with Crippen molar-refractivity contribution in [3.05, 3.63) is 71.0 Å². The summed E-state index contributed by atoms with van der Waals surface area (Å²) < 4.78 is 30.7. The lowest BCUT2D eigenvalue weighted by atomic mass is 9.95. The van der Waals surface area contributed by atoms with Crippen molar-refractivity contribution in [2.75, 3.05) is 52.0 Å². The van der Waals surface area contributed by atoms with Crippen LogP contribution in [0.25, 0.3) is 6.08 Å². The second-order valence-corrected chi connectivity index (χ2v) is 10.7. The summed E-state index contributed by atoms with van der Waals surface area (Å²) in [4.78, 5) is 34.3. The number of hydrogen-bond acceptors (Lipinski definition) is 10. The van der Waals surface area contributed by atoms with Crippen LogP contribution in [-0.2, 0) is 14.3 Å². The first-order valence-electron chi connectivity index (χ1n) is 12.4. The zero-order chi connectivity index (χ0) is 27.7. The van der Waals surface area contributed by atoms with E-state index in [1.807, 2.05) is 6.07 Å². The van der Waals surface area contributed by atoms with E-state index in [1.165, 1.54) is 23.0 Å². The Hall–Kier alpha value is -3.35. The number of carbonyl (C=O) groups is 1. The summed E-state index contributed by atoms with van der Waals surface area (Å²) in [7, 11) is 3.09. The Kier molecular flexibility index (Phi) is 7.96. The van der Waals surface area contributed by atoms with Crippen molar-refractivity contribution in [3.63, 3.8) is 0 Å². The number of ether oxygens (including phenoxy) is 4. The molecule has 3 aromatic rings. The molecule has 4 heterocycles. The van der Waals surface area contributed by atoms with Crippen molar-refractivity contribution in [2.45, 2.75) is 19.9 Å². The quantitative estimate of drug-likeness (QED) is 0.373. The smallest absolute Gasteiger partial charge is 0.338 e. The Morgan fingerprint density at radius 3 is 2.69 bits per heavy atom. The minimum Gasteiger partial charge on any atom is -0.497 e. The Bertz CT molecular complexity index is 1610. The molecule has 0 spiro atoms. The van der Waals surface area contributed by atoms with Crippen LogP contribution in [0.1, 0.15) is 31.2 Å². The van der Waals surface area contributed by atoms with Crippen molar-refractivity contribution in [3.8, 4) is 11.5 Å². The Balaban J connectivity index is 1.68. The van der Waals surface area contributed by atoms with Crippen LogP contribution < -0.4 is 29.3 Å². The Morgan fingerprint density at radius 1 is 1.23 bits per heavy atom. The van der Waals surface area contributed by atoms with Gasteiger partial charge in [0, 0.05) is 30.8 Å². The van der Waals surface area contributed by atoms with Crippen LogP contribution in [0.2, 0.25) is 0 Å². The van der Waals surface area contributed by atoms with Crippen molar-refractivity contribution in [2.24, 2.45) is 4.99 Å². The lowest BCUT2D eigenvalue weighted by Gasteiger charge is -2.26. The monoisotopic (exact) mass is 617 g/mol. The molecule has 1 fully saturated rings. The molecule has 10 nitrogen and oxygen atoms in total. The lowest BCUT2D eigenvalue weighted by molar-refractivity contribution is -0.139. The molecule has 1 aromatic carbocycles. The minimum absolute atomic E-state index is 0.181. The summed E-state index contributed by atoms with van der Waals surface area (Å²) >= 11 is 4.80. The van der Waals surface area contributed by atoms with Gasteiger partial charge in [0.1, 0.15) is 23.3 Å². The zero-order valence-corrected chi connectivity index (χ0v) is 24.4. The number of esters is 1. The molecule has 206 valence electrons. The molecule has 1 atom stereocenters. The van der Waals surface area contributed by atoms with Gasteiger partial charge in [-0.15, -0.1) is 0 Å². The maximum Gasteiger partial charge on any atom is 0.338 e. The minimum atomic E-state index is -0.834. The average Bonchev–Trinajstić information content (AvgIpc) is 3.46. The summed E-state index contributed by atoms with van der Waals surface area (Å²) in [5.74, 6) is 1.72. The van der Waals surface area contributed by atoms with E-state index >= 15 is 0 Å². The third-order valence-corrected chi connectivity index (χ3v) is 8.06. The van der Waals surface area contributed by atoms with Gasteiger partial charge in [0.05, 0.1) is 54.3 Å². The second-order valence-electron chi connectivity index (χ2n) is 8.81. The van der Waals surface area contributed by atoms with Crippen molar-refractivity contribution >= 4 is 45.2 Å². The standard InChI is InChI=1S/C27H28BrN3O7S/c1-5-37-26(33)22-15(2)29-27-31(23(22)18-12-16(34-3)6-7-20(18)35-4)24(32)21(39-27)14-17-13-19(28)25(38-17)30-8-10-36-11-9-30/h6-7,12-14,23H,5,8-11H2,1-4H3/b21-14+/t23-/m0/s1. The highest BCUT2D eigenvalue weighted by Crippen LogP contribution is 2.38. The number of hydrogen-bond donors (Lipinski definition) is 0. The first-order valence-corrected chi connectivity index (χ1v) is 14.0. The number of benzene rings is 1.